The van der Waals surface area contributed by atoms with Gasteiger partial charge in [0.15, 0.2) is 0 Å². The first kappa shape index (κ1) is 12.3. The summed E-state index contributed by atoms with van der Waals surface area (Å²) in [4.78, 5) is 10.2. The second-order valence-electron chi connectivity index (χ2n) is 2.24. The fraction of sp³-hybridized carbons (Fsp3) is 0.833. The lowest BCUT2D eigenvalue weighted by molar-refractivity contribution is -0.142. The fourth-order valence-corrected chi connectivity index (χ4v) is 0.839. The molecule has 0 fully saturated rings. The minimum atomic E-state index is -3.96. The van der Waals surface area contributed by atoms with E-state index in [1.54, 1.807) is 0 Å². The number of hydrogen-bond acceptors (Lipinski definition) is 5. The van der Waals surface area contributed by atoms with Crippen molar-refractivity contribution in [2.24, 2.45) is 0 Å². The third kappa shape index (κ3) is 11.3. The monoisotopic (exact) mass is 212 g/mol. The number of carbonyl (C=O) groups is 1. The molecule has 78 valence electrons. The van der Waals surface area contributed by atoms with Crippen molar-refractivity contribution < 1.29 is 27.2 Å². The first-order valence-corrected chi connectivity index (χ1v) is 5.19. The Hall–Kier alpha value is -0.660. The third-order valence-electron chi connectivity index (χ3n) is 1.02. The molecular weight excluding hydrogens is 200 g/mol. The second-order valence-corrected chi connectivity index (χ2v) is 3.81. The quantitative estimate of drug-likeness (QED) is 0.361. The molecule has 0 aliphatic rings. The molecule has 7 heteroatoms. The molecule has 6 nitrogen and oxygen atoms in total. The summed E-state index contributed by atoms with van der Waals surface area (Å²) in [6.45, 7) is 1.36. The van der Waals surface area contributed by atoms with Crippen LogP contribution in [0.15, 0.2) is 0 Å². The van der Waals surface area contributed by atoms with Crippen molar-refractivity contribution in [1.29, 1.82) is 0 Å². The molecule has 0 atom stereocenters. The highest BCUT2D eigenvalue weighted by Crippen LogP contribution is 1.84. The van der Waals surface area contributed by atoms with E-state index in [0.29, 0.717) is 0 Å². The van der Waals surface area contributed by atoms with Gasteiger partial charge in [-0.25, -0.2) is 0 Å². The van der Waals surface area contributed by atoms with Crippen LogP contribution in [-0.2, 0) is 24.4 Å². The Bertz CT molecular complexity index is 244. The Morgan fingerprint density at radius 1 is 1.31 bits per heavy atom. The van der Waals surface area contributed by atoms with Crippen molar-refractivity contribution in [3.8, 4) is 0 Å². The lowest BCUT2D eigenvalue weighted by Crippen LogP contribution is -2.14. The Morgan fingerprint density at radius 2 is 1.92 bits per heavy atom. The minimum Gasteiger partial charge on any atom is -0.463 e. The van der Waals surface area contributed by atoms with Gasteiger partial charge >= 0.3 is 5.97 Å². The zero-order valence-electron chi connectivity index (χ0n) is 7.23. The molecule has 0 aromatic heterocycles. The maximum absolute atomic E-state index is 10.2. The molecule has 0 saturated heterocycles. The molecule has 0 aliphatic carbocycles. The third-order valence-corrected chi connectivity index (χ3v) is 1.70. The number of carbonyl (C=O) groups excluding carboxylic acids is 1. The van der Waals surface area contributed by atoms with Crippen molar-refractivity contribution in [3.05, 3.63) is 0 Å². The summed E-state index contributed by atoms with van der Waals surface area (Å²) in [6, 6.07) is 0. The molecule has 0 heterocycles. The summed E-state index contributed by atoms with van der Waals surface area (Å²) >= 11 is 0. The number of esters is 1. The van der Waals surface area contributed by atoms with Gasteiger partial charge in [0.25, 0.3) is 10.1 Å². The van der Waals surface area contributed by atoms with Crippen LogP contribution in [0.2, 0.25) is 0 Å². The van der Waals surface area contributed by atoms with E-state index in [9.17, 15) is 13.2 Å². The summed E-state index contributed by atoms with van der Waals surface area (Å²) in [7, 11) is -3.96. The van der Waals surface area contributed by atoms with Crippen LogP contribution < -0.4 is 0 Å². The lowest BCUT2D eigenvalue weighted by atomic mass is 10.7. The van der Waals surface area contributed by atoms with Crippen LogP contribution in [0.25, 0.3) is 0 Å². The molecule has 0 saturated carbocycles. The topological polar surface area (TPSA) is 89.9 Å². The van der Waals surface area contributed by atoms with E-state index in [1.165, 1.54) is 6.92 Å². The molecule has 0 aliphatic heterocycles. The minimum absolute atomic E-state index is 0.0841. The van der Waals surface area contributed by atoms with Crippen LogP contribution in [0, 0.1) is 0 Å². The highest BCUT2D eigenvalue weighted by molar-refractivity contribution is 7.85. The molecular formula is C6H12O6S. The fourth-order valence-electron chi connectivity index (χ4n) is 0.511. The van der Waals surface area contributed by atoms with Gasteiger partial charge in [-0.15, -0.1) is 0 Å². The first-order chi connectivity index (χ1) is 5.92. The molecule has 0 radical (unpaired) electrons. The van der Waals surface area contributed by atoms with Gasteiger partial charge in [-0.1, -0.05) is 0 Å². The lowest BCUT2D eigenvalue weighted by Gasteiger charge is -2.02. The van der Waals surface area contributed by atoms with Crippen molar-refractivity contribution in [1.82, 2.24) is 0 Å². The van der Waals surface area contributed by atoms with E-state index < -0.39 is 21.8 Å². The van der Waals surface area contributed by atoms with Crippen LogP contribution in [0.4, 0.5) is 0 Å². The highest BCUT2D eigenvalue weighted by Gasteiger charge is 2.03. The molecule has 0 aromatic rings. The van der Waals surface area contributed by atoms with Crippen molar-refractivity contribution in [3.63, 3.8) is 0 Å². The van der Waals surface area contributed by atoms with Crippen LogP contribution in [-0.4, -0.2) is 44.5 Å². The van der Waals surface area contributed by atoms with Gasteiger partial charge in [0.1, 0.15) is 6.61 Å². The molecule has 0 rings (SSSR count). The largest absolute Gasteiger partial charge is 0.463 e. The van der Waals surface area contributed by atoms with Gasteiger partial charge in [0, 0.05) is 6.92 Å². The highest BCUT2D eigenvalue weighted by atomic mass is 32.2. The molecule has 13 heavy (non-hydrogen) atoms. The Kier molecular flexibility index (Phi) is 5.60. The number of ether oxygens (including phenoxy) is 2. The SMILES string of the molecule is CC(=O)OCCOCCS(=O)(=O)O. The van der Waals surface area contributed by atoms with Crippen LogP contribution in [0.3, 0.4) is 0 Å². The Balaban J connectivity index is 3.23. The molecule has 0 aromatic carbocycles. The van der Waals surface area contributed by atoms with E-state index >= 15 is 0 Å². The number of rotatable bonds is 6. The van der Waals surface area contributed by atoms with E-state index in [-0.39, 0.29) is 19.8 Å². The van der Waals surface area contributed by atoms with Crippen LogP contribution in [0.1, 0.15) is 6.92 Å². The second kappa shape index (κ2) is 5.90. The van der Waals surface area contributed by atoms with Gasteiger partial charge in [0.05, 0.1) is 19.0 Å². The van der Waals surface area contributed by atoms with Gasteiger partial charge in [-0.2, -0.15) is 8.42 Å². The van der Waals surface area contributed by atoms with E-state index in [2.05, 4.69) is 4.74 Å². The summed E-state index contributed by atoms with van der Waals surface area (Å²) < 4.78 is 37.8. The normalized spacial score (nSPS) is 11.2. The predicted molar refractivity (Wildman–Crippen MR) is 43.9 cm³/mol. The van der Waals surface area contributed by atoms with E-state index in [1.807, 2.05) is 0 Å². The van der Waals surface area contributed by atoms with Crippen LogP contribution >= 0.6 is 0 Å². The Labute approximate surface area is 76.6 Å². The summed E-state index contributed by atoms with van der Waals surface area (Å²) in [6.07, 6.45) is 0. The summed E-state index contributed by atoms with van der Waals surface area (Å²) in [5.41, 5.74) is 0. The molecule has 0 spiro atoms. The maximum atomic E-state index is 10.2. The Morgan fingerprint density at radius 3 is 2.38 bits per heavy atom. The van der Waals surface area contributed by atoms with Gasteiger partial charge in [-0.05, 0) is 0 Å². The standard InChI is InChI=1S/C6H12O6S/c1-6(7)12-3-2-11-4-5-13(8,9)10/h2-5H2,1H3,(H,8,9,10). The van der Waals surface area contributed by atoms with Gasteiger partial charge in [-0.3, -0.25) is 9.35 Å². The van der Waals surface area contributed by atoms with E-state index in [4.69, 9.17) is 9.29 Å². The van der Waals surface area contributed by atoms with Crippen LogP contribution in [0.5, 0.6) is 0 Å². The van der Waals surface area contributed by atoms with Crippen molar-refractivity contribution in [2.45, 2.75) is 6.92 Å². The predicted octanol–water partition coefficient (Wildman–Crippen LogP) is -0.546. The first-order valence-electron chi connectivity index (χ1n) is 3.58. The molecule has 0 unspecified atom stereocenters. The van der Waals surface area contributed by atoms with Crippen molar-refractivity contribution in [2.75, 3.05) is 25.6 Å². The average molecular weight is 212 g/mol. The molecule has 1 N–H and O–H groups in total. The average Bonchev–Trinajstić information content (AvgIpc) is 1.93. The maximum Gasteiger partial charge on any atom is 0.302 e. The zero-order chi connectivity index (χ0) is 10.3. The molecule has 0 bridgehead atoms. The number of hydrogen-bond donors (Lipinski definition) is 1. The smallest absolute Gasteiger partial charge is 0.302 e. The summed E-state index contributed by atoms with van der Waals surface area (Å²) in [5, 5.41) is 0. The van der Waals surface area contributed by atoms with Crippen molar-refractivity contribution >= 4 is 16.1 Å². The van der Waals surface area contributed by atoms with Gasteiger partial charge < -0.3 is 9.47 Å². The molecule has 0 amide bonds. The van der Waals surface area contributed by atoms with Gasteiger partial charge in [0.2, 0.25) is 0 Å². The van der Waals surface area contributed by atoms with E-state index in [0.717, 1.165) is 0 Å². The summed E-state index contributed by atoms with van der Waals surface area (Å²) in [5.74, 6) is -0.869. The zero-order valence-corrected chi connectivity index (χ0v) is 8.04.